The van der Waals surface area contributed by atoms with Gasteiger partial charge < -0.3 is 29.6 Å². The molecule has 1 atom stereocenters. The fourth-order valence-electron chi connectivity index (χ4n) is 4.57. The molecule has 1 spiro atoms. The number of ether oxygens (including phenoxy) is 2. The van der Waals surface area contributed by atoms with Crippen molar-refractivity contribution in [2.75, 3.05) is 53.0 Å². The number of aromatic nitrogens is 2. The minimum atomic E-state index is -0.467. The molecule has 4 heterocycles. The molecule has 0 aliphatic carbocycles. The molecule has 27 heavy (non-hydrogen) atoms. The standard InChI is InChI=1S/C18H27N5O4/c1-26-11-15(24)23-6-2-13-16(21-12-20-13)18(23)3-7-22(8-4-18)17(25)14-10-19-5-9-27-14/h12,14,19H,2-11H2,1H3,(H,20,21). The van der Waals surface area contributed by atoms with Crippen molar-refractivity contribution < 1.29 is 19.1 Å². The van der Waals surface area contributed by atoms with Crippen molar-refractivity contribution in [1.29, 1.82) is 0 Å². The fraction of sp³-hybridized carbons (Fsp3) is 0.722. The molecule has 1 aromatic rings. The Morgan fingerprint density at radius 1 is 1.37 bits per heavy atom. The number of methoxy groups -OCH3 is 1. The van der Waals surface area contributed by atoms with Crippen LogP contribution in [0.15, 0.2) is 6.33 Å². The molecule has 2 saturated heterocycles. The van der Waals surface area contributed by atoms with Gasteiger partial charge in [-0.25, -0.2) is 4.98 Å². The van der Waals surface area contributed by atoms with E-state index in [2.05, 4.69) is 15.3 Å². The number of aromatic amines is 1. The summed E-state index contributed by atoms with van der Waals surface area (Å²) < 4.78 is 10.7. The van der Waals surface area contributed by atoms with Crippen LogP contribution >= 0.6 is 0 Å². The maximum atomic E-state index is 12.8. The summed E-state index contributed by atoms with van der Waals surface area (Å²) >= 11 is 0. The van der Waals surface area contributed by atoms with E-state index in [0.29, 0.717) is 45.6 Å². The van der Waals surface area contributed by atoms with E-state index in [1.54, 1.807) is 6.33 Å². The van der Waals surface area contributed by atoms with Gasteiger partial charge >= 0.3 is 0 Å². The van der Waals surface area contributed by atoms with Crippen molar-refractivity contribution >= 4 is 11.8 Å². The Hall–Kier alpha value is -1.97. The van der Waals surface area contributed by atoms with Crippen molar-refractivity contribution in [3.8, 4) is 0 Å². The summed E-state index contributed by atoms with van der Waals surface area (Å²) in [6.45, 7) is 3.77. The molecule has 0 bridgehead atoms. The number of morpholine rings is 1. The molecule has 9 nitrogen and oxygen atoms in total. The van der Waals surface area contributed by atoms with Crippen LogP contribution < -0.4 is 5.32 Å². The van der Waals surface area contributed by atoms with Crippen LogP contribution in [0.3, 0.4) is 0 Å². The van der Waals surface area contributed by atoms with Crippen LogP contribution in [0.4, 0.5) is 0 Å². The third-order valence-corrected chi connectivity index (χ3v) is 5.94. The van der Waals surface area contributed by atoms with E-state index in [0.717, 1.165) is 24.4 Å². The second kappa shape index (κ2) is 7.57. The lowest BCUT2D eigenvalue weighted by atomic mass is 9.78. The minimum Gasteiger partial charge on any atom is -0.375 e. The first-order valence-electron chi connectivity index (χ1n) is 9.59. The van der Waals surface area contributed by atoms with Crippen LogP contribution in [0.25, 0.3) is 0 Å². The molecule has 4 rings (SSSR count). The van der Waals surface area contributed by atoms with Crippen molar-refractivity contribution in [2.24, 2.45) is 0 Å². The first kappa shape index (κ1) is 18.4. The summed E-state index contributed by atoms with van der Waals surface area (Å²) in [7, 11) is 1.54. The number of amides is 2. The van der Waals surface area contributed by atoms with E-state index < -0.39 is 11.6 Å². The van der Waals surface area contributed by atoms with Gasteiger partial charge in [-0.1, -0.05) is 0 Å². The maximum Gasteiger partial charge on any atom is 0.253 e. The maximum absolute atomic E-state index is 12.8. The summed E-state index contributed by atoms with van der Waals surface area (Å²) in [6, 6.07) is 0. The lowest BCUT2D eigenvalue weighted by Crippen LogP contribution is -2.60. The lowest BCUT2D eigenvalue weighted by molar-refractivity contribution is -0.152. The van der Waals surface area contributed by atoms with Crippen molar-refractivity contribution in [2.45, 2.75) is 30.9 Å². The molecule has 9 heteroatoms. The average molecular weight is 377 g/mol. The molecule has 3 aliphatic rings. The van der Waals surface area contributed by atoms with Gasteiger partial charge in [-0.15, -0.1) is 0 Å². The third kappa shape index (κ3) is 3.24. The van der Waals surface area contributed by atoms with Gasteiger partial charge in [0.25, 0.3) is 5.91 Å². The van der Waals surface area contributed by atoms with Gasteiger partial charge in [-0.05, 0) is 12.8 Å². The monoisotopic (exact) mass is 377 g/mol. The van der Waals surface area contributed by atoms with Crippen LogP contribution in [-0.2, 0) is 31.0 Å². The Labute approximate surface area is 158 Å². The molecule has 2 fully saturated rings. The minimum absolute atomic E-state index is 0.0225. The molecule has 0 radical (unpaired) electrons. The average Bonchev–Trinajstić information content (AvgIpc) is 3.19. The van der Waals surface area contributed by atoms with Gasteiger partial charge in [-0.3, -0.25) is 9.59 Å². The smallest absolute Gasteiger partial charge is 0.253 e. The number of rotatable bonds is 3. The number of nitrogens with one attached hydrogen (secondary N) is 2. The third-order valence-electron chi connectivity index (χ3n) is 5.94. The summed E-state index contributed by atoms with van der Waals surface area (Å²) in [5, 5.41) is 3.20. The van der Waals surface area contributed by atoms with Crippen LogP contribution in [0, 0.1) is 0 Å². The van der Waals surface area contributed by atoms with Gasteiger partial charge in [0.2, 0.25) is 5.91 Å². The molecular weight excluding hydrogens is 350 g/mol. The van der Waals surface area contributed by atoms with Crippen molar-refractivity contribution in [1.82, 2.24) is 25.1 Å². The Morgan fingerprint density at radius 2 is 2.19 bits per heavy atom. The predicted molar refractivity (Wildman–Crippen MR) is 96.0 cm³/mol. The molecule has 148 valence electrons. The summed E-state index contributed by atoms with van der Waals surface area (Å²) in [6.07, 6.45) is 3.40. The number of nitrogens with zero attached hydrogens (tertiary/aromatic N) is 3. The molecule has 0 saturated carbocycles. The van der Waals surface area contributed by atoms with Gasteiger partial charge in [0, 0.05) is 51.9 Å². The number of hydrogen-bond donors (Lipinski definition) is 2. The lowest BCUT2D eigenvalue weighted by Gasteiger charge is -2.50. The molecule has 1 unspecified atom stereocenters. The molecule has 1 aromatic heterocycles. The van der Waals surface area contributed by atoms with Gasteiger partial charge in [-0.2, -0.15) is 0 Å². The SMILES string of the molecule is COCC(=O)N1CCc2[nH]cnc2C12CCN(C(=O)C1CNCCO1)CC2. The Balaban J connectivity index is 1.53. The highest BCUT2D eigenvalue weighted by atomic mass is 16.5. The Bertz CT molecular complexity index is 692. The number of likely N-dealkylation sites (tertiary alicyclic amines) is 1. The zero-order valence-electron chi connectivity index (χ0n) is 15.7. The second-order valence-electron chi connectivity index (χ2n) is 7.38. The number of H-pyrrole nitrogens is 1. The Kier molecular flexibility index (Phi) is 5.16. The fourth-order valence-corrected chi connectivity index (χ4v) is 4.57. The van der Waals surface area contributed by atoms with Crippen LogP contribution in [0.5, 0.6) is 0 Å². The first-order valence-corrected chi connectivity index (χ1v) is 9.59. The van der Waals surface area contributed by atoms with E-state index in [4.69, 9.17) is 9.47 Å². The number of imidazole rings is 1. The first-order chi connectivity index (χ1) is 13.2. The highest BCUT2D eigenvalue weighted by molar-refractivity contribution is 5.82. The highest BCUT2D eigenvalue weighted by Gasteiger charge is 2.49. The van der Waals surface area contributed by atoms with Crippen molar-refractivity contribution in [3.05, 3.63) is 17.7 Å². The topological polar surface area (TPSA) is 99.8 Å². The highest BCUT2D eigenvalue weighted by Crippen LogP contribution is 2.42. The molecule has 2 amide bonds. The van der Waals surface area contributed by atoms with Gasteiger partial charge in [0.15, 0.2) is 0 Å². The molecule has 3 aliphatic heterocycles. The number of carbonyl (C=O) groups excluding carboxylic acids is 2. The number of fused-ring (bicyclic) bond motifs is 2. The number of hydrogen-bond acceptors (Lipinski definition) is 6. The van der Waals surface area contributed by atoms with E-state index in [9.17, 15) is 9.59 Å². The number of carbonyl (C=O) groups is 2. The second-order valence-corrected chi connectivity index (χ2v) is 7.38. The normalized spacial score (nSPS) is 24.7. The molecular formula is C18H27N5O4. The largest absolute Gasteiger partial charge is 0.375 e. The zero-order valence-corrected chi connectivity index (χ0v) is 15.7. The Morgan fingerprint density at radius 3 is 2.89 bits per heavy atom. The summed E-state index contributed by atoms with van der Waals surface area (Å²) in [4.78, 5) is 37.1. The zero-order chi connectivity index (χ0) is 18.9. The predicted octanol–water partition coefficient (Wildman–Crippen LogP) is -0.753. The van der Waals surface area contributed by atoms with Gasteiger partial charge in [0.05, 0.1) is 24.2 Å². The number of piperidine rings is 1. The quantitative estimate of drug-likeness (QED) is 0.719. The molecule has 0 aromatic carbocycles. The van der Waals surface area contributed by atoms with E-state index in [1.807, 2.05) is 9.80 Å². The summed E-state index contributed by atoms with van der Waals surface area (Å²) in [5.41, 5.74) is 1.57. The van der Waals surface area contributed by atoms with E-state index >= 15 is 0 Å². The van der Waals surface area contributed by atoms with Gasteiger partial charge in [0.1, 0.15) is 12.7 Å². The van der Waals surface area contributed by atoms with E-state index in [1.165, 1.54) is 7.11 Å². The van der Waals surface area contributed by atoms with Crippen molar-refractivity contribution in [3.63, 3.8) is 0 Å². The molecule has 2 N–H and O–H groups in total. The van der Waals surface area contributed by atoms with Crippen LogP contribution in [-0.4, -0.2) is 90.7 Å². The summed E-state index contributed by atoms with van der Waals surface area (Å²) in [5.74, 6) is 0.00983. The van der Waals surface area contributed by atoms with Crippen LogP contribution in [0.2, 0.25) is 0 Å². The van der Waals surface area contributed by atoms with E-state index in [-0.39, 0.29) is 18.4 Å². The van der Waals surface area contributed by atoms with Crippen LogP contribution in [0.1, 0.15) is 24.2 Å².